The van der Waals surface area contributed by atoms with Gasteiger partial charge in [-0.05, 0) is 24.3 Å². The van der Waals surface area contributed by atoms with E-state index in [2.05, 4.69) is 18.1 Å². The number of rotatable bonds is 7. The first-order valence-corrected chi connectivity index (χ1v) is 8.69. The Kier molecular flexibility index (Phi) is 7.22. The largest absolute Gasteiger partial charge is 0.336 e. The van der Waals surface area contributed by atoms with E-state index >= 15 is 0 Å². The van der Waals surface area contributed by atoms with Gasteiger partial charge in [0.15, 0.2) is 0 Å². The van der Waals surface area contributed by atoms with E-state index in [1.165, 1.54) is 0 Å². The van der Waals surface area contributed by atoms with Crippen LogP contribution in [-0.4, -0.2) is 72.3 Å². The smallest absolute Gasteiger partial charge is 0.253 e. The Morgan fingerprint density at radius 2 is 1.60 bits per heavy atom. The Morgan fingerprint density at radius 3 is 2.12 bits per heavy atom. The summed E-state index contributed by atoms with van der Waals surface area (Å²) in [6.45, 7) is 11.3. The molecule has 2 amide bonds. The second-order valence-electron chi connectivity index (χ2n) is 5.95. The van der Waals surface area contributed by atoms with Gasteiger partial charge in [-0.25, -0.2) is 0 Å². The highest BCUT2D eigenvalue weighted by atomic mass is 35.5. The van der Waals surface area contributed by atoms with Crippen LogP contribution in [0.1, 0.15) is 10.4 Å². The first kappa shape index (κ1) is 19.2. The third kappa shape index (κ3) is 5.44. The summed E-state index contributed by atoms with van der Waals surface area (Å²) in [4.78, 5) is 30.4. The molecule has 0 radical (unpaired) electrons. The standard InChI is InChI=1S/C19H24ClN3O2/c1-3-9-22(10-4-2)18(24)15-21-11-13-23(14-12-21)19(25)16-5-7-17(20)8-6-16/h3-8H,1-2,9-15H2. The summed E-state index contributed by atoms with van der Waals surface area (Å²) in [6, 6.07) is 6.92. The zero-order valence-corrected chi connectivity index (χ0v) is 15.1. The average molecular weight is 362 g/mol. The third-order valence-corrected chi connectivity index (χ3v) is 4.41. The van der Waals surface area contributed by atoms with Crippen molar-refractivity contribution in [3.63, 3.8) is 0 Å². The van der Waals surface area contributed by atoms with Gasteiger partial charge in [-0.15, -0.1) is 13.2 Å². The molecular formula is C19H24ClN3O2. The number of carbonyl (C=O) groups excluding carboxylic acids is 2. The predicted octanol–water partition coefficient (Wildman–Crippen LogP) is 2.30. The fourth-order valence-corrected chi connectivity index (χ4v) is 2.89. The minimum Gasteiger partial charge on any atom is -0.336 e. The lowest BCUT2D eigenvalue weighted by atomic mass is 10.2. The molecule has 1 aliphatic rings. The van der Waals surface area contributed by atoms with Crippen molar-refractivity contribution in [2.45, 2.75) is 0 Å². The maximum Gasteiger partial charge on any atom is 0.253 e. The van der Waals surface area contributed by atoms with Crippen LogP contribution in [-0.2, 0) is 4.79 Å². The molecule has 1 aromatic carbocycles. The summed E-state index contributed by atoms with van der Waals surface area (Å²) in [5, 5.41) is 0.614. The number of hydrogen-bond donors (Lipinski definition) is 0. The van der Waals surface area contributed by atoms with Crippen LogP contribution >= 0.6 is 11.6 Å². The van der Waals surface area contributed by atoms with Gasteiger partial charge in [0.1, 0.15) is 0 Å². The Balaban J connectivity index is 1.85. The molecule has 0 aromatic heterocycles. The molecule has 1 saturated heterocycles. The number of benzene rings is 1. The zero-order valence-electron chi connectivity index (χ0n) is 14.4. The molecule has 0 atom stereocenters. The summed E-state index contributed by atoms with van der Waals surface area (Å²) < 4.78 is 0. The summed E-state index contributed by atoms with van der Waals surface area (Å²) in [6.07, 6.45) is 3.42. The Bertz CT molecular complexity index is 612. The average Bonchev–Trinajstić information content (AvgIpc) is 2.62. The molecule has 6 heteroatoms. The quantitative estimate of drug-likeness (QED) is 0.700. The normalized spacial score (nSPS) is 14.8. The topological polar surface area (TPSA) is 43.9 Å². The van der Waals surface area contributed by atoms with Crippen LogP contribution in [0.25, 0.3) is 0 Å². The number of amides is 2. The molecular weight excluding hydrogens is 338 g/mol. The monoisotopic (exact) mass is 361 g/mol. The second kappa shape index (κ2) is 9.39. The van der Waals surface area contributed by atoms with E-state index in [4.69, 9.17) is 11.6 Å². The van der Waals surface area contributed by atoms with Crippen LogP contribution in [0.4, 0.5) is 0 Å². The number of hydrogen-bond acceptors (Lipinski definition) is 3. The second-order valence-corrected chi connectivity index (χ2v) is 6.39. The first-order chi connectivity index (χ1) is 12.0. The molecule has 1 aromatic rings. The summed E-state index contributed by atoms with van der Waals surface area (Å²) in [7, 11) is 0. The van der Waals surface area contributed by atoms with Crippen molar-refractivity contribution in [1.29, 1.82) is 0 Å². The van der Waals surface area contributed by atoms with Gasteiger partial charge < -0.3 is 9.80 Å². The molecule has 0 N–H and O–H groups in total. The lowest BCUT2D eigenvalue weighted by molar-refractivity contribution is -0.131. The van der Waals surface area contributed by atoms with Gasteiger partial charge in [0.2, 0.25) is 5.91 Å². The van der Waals surface area contributed by atoms with Crippen LogP contribution in [0.5, 0.6) is 0 Å². The van der Waals surface area contributed by atoms with E-state index < -0.39 is 0 Å². The molecule has 1 aliphatic heterocycles. The highest BCUT2D eigenvalue weighted by Crippen LogP contribution is 2.13. The van der Waals surface area contributed by atoms with E-state index in [9.17, 15) is 9.59 Å². The van der Waals surface area contributed by atoms with Gasteiger partial charge in [0, 0.05) is 49.9 Å². The van der Waals surface area contributed by atoms with E-state index in [1.54, 1.807) is 41.3 Å². The van der Waals surface area contributed by atoms with Gasteiger partial charge in [0.05, 0.1) is 6.54 Å². The SMILES string of the molecule is C=CCN(CC=C)C(=O)CN1CCN(C(=O)c2ccc(Cl)cc2)CC1. The van der Waals surface area contributed by atoms with Crippen molar-refractivity contribution < 1.29 is 9.59 Å². The van der Waals surface area contributed by atoms with E-state index in [-0.39, 0.29) is 11.8 Å². The molecule has 0 bridgehead atoms. The van der Waals surface area contributed by atoms with Gasteiger partial charge in [0.25, 0.3) is 5.91 Å². The minimum atomic E-state index is 0.00239. The van der Waals surface area contributed by atoms with E-state index in [0.29, 0.717) is 56.4 Å². The highest BCUT2D eigenvalue weighted by molar-refractivity contribution is 6.30. The summed E-state index contributed by atoms with van der Waals surface area (Å²) in [5.41, 5.74) is 0.636. The van der Waals surface area contributed by atoms with E-state index in [1.807, 2.05) is 4.90 Å². The van der Waals surface area contributed by atoms with Gasteiger partial charge in [-0.1, -0.05) is 23.8 Å². The first-order valence-electron chi connectivity index (χ1n) is 8.32. The van der Waals surface area contributed by atoms with Crippen molar-refractivity contribution in [2.24, 2.45) is 0 Å². The molecule has 0 saturated carbocycles. The Hall–Kier alpha value is -2.11. The molecule has 1 heterocycles. The van der Waals surface area contributed by atoms with Gasteiger partial charge in [-0.2, -0.15) is 0 Å². The zero-order chi connectivity index (χ0) is 18.2. The van der Waals surface area contributed by atoms with Crippen LogP contribution in [0.2, 0.25) is 5.02 Å². The third-order valence-electron chi connectivity index (χ3n) is 4.16. The van der Waals surface area contributed by atoms with Crippen molar-refractivity contribution in [3.05, 3.63) is 60.2 Å². The number of piperazine rings is 1. The Labute approximate surface area is 154 Å². The summed E-state index contributed by atoms with van der Waals surface area (Å²) >= 11 is 5.86. The fourth-order valence-electron chi connectivity index (χ4n) is 2.77. The van der Waals surface area contributed by atoms with Crippen molar-refractivity contribution >= 4 is 23.4 Å². The van der Waals surface area contributed by atoms with Crippen LogP contribution in [0, 0.1) is 0 Å². The number of nitrogens with zero attached hydrogens (tertiary/aromatic N) is 3. The lowest BCUT2D eigenvalue weighted by Crippen LogP contribution is -2.51. The predicted molar refractivity (Wildman–Crippen MR) is 101 cm³/mol. The molecule has 25 heavy (non-hydrogen) atoms. The molecule has 2 rings (SSSR count). The maximum absolute atomic E-state index is 12.5. The molecule has 134 valence electrons. The minimum absolute atomic E-state index is 0.00239. The molecule has 0 unspecified atom stereocenters. The van der Waals surface area contributed by atoms with Crippen LogP contribution < -0.4 is 0 Å². The van der Waals surface area contributed by atoms with Crippen LogP contribution in [0.3, 0.4) is 0 Å². The van der Waals surface area contributed by atoms with Crippen molar-refractivity contribution in [1.82, 2.24) is 14.7 Å². The Morgan fingerprint density at radius 1 is 1.04 bits per heavy atom. The van der Waals surface area contributed by atoms with Crippen LogP contribution in [0.15, 0.2) is 49.6 Å². The lowest BCUT2D eigenvalue weighted by Gasteiger charge is -2.35. The maximum atomic E-state index is 12.5. The van der Waals surface area contributed by atoms with Gasteiger partial charge >= 0.3 is 0 Å². The summed E-state index contributed by atoms with van der Waals surface area (Å²) in [5.74, 6) is 0.0554. The van der Waals surface area contributed by atoms with Crippen molar-refractivity contribution in [3.8, 4) is 0 Å². The fraction of sp³-hybridized carbons (Fsp3) is 0.368. The molecule has 5 nitrogen and oxygen atoms in total. The molecule has 1 fully saturated rings. The highest BCUT2D eigenvalue weighted by Gasteiger charge is 2.24. The molecule has 0 spiro atoms. The van der Waals surface area contributed by atoms with Crippen molar-refractivity contribution in [2.75, 3.05) is 45.8 Å². The van der Waals surface area contributed by atoms with Gasteiger partial charge in [-0.3, -0.25) is 14.5 Å². The van der Waals surface area contributed by atoms with E-state index in [0.717, 1.165) is 0 Å². The number of halogens is 1. The molecule has 0 aliphatic carbocycles. The number of carbonyl (C=O) groups is 2.